The van der Waals surface area contributed by atoms with Gasteiger partial charge in [0.2, 0.25) is 0 Å². The Hall–Kier alpha value is -2.82. The quantitative estimate of drug-likeness (QED) is 0.764. The first-order chi connectivity index (χ1) is 12.2. The molecule has 0 bridgehead atoms. The molecule has 0 spiro atoms. The smallest absolute Gasteiger partial charge is 0.407 e. The van der Waals surface area contributed by atoms with Gasteiger partial charge in [0.05, 0.1) is 11.0 Å². The van der Waals surface area contributed by atoms with Gasteiger partial charge in [0.25, 0.3) is 0 Å². The van der Waals surface area contributed by atoms with Gasteiger partial charge in [-0.2, -0.15) is 0 Å². The maximum Gasteiger partial charge on any atom is 0.407 e. The fourth-order valence-electron chi connectivity index (χ4n) is 3.90. The van der Waals surface area contributed by atoms with Crippen molar-refractivity contribution in [3.8, 4) is 0 Å². The minimum absolute atomic E-state index is 0.0823. The van der Waals surface area contributed by atoms with Gasteiger partial charge >= 0.3 is 6.09 Å². The second kappa shape index (κ2) is 6.24. The molecular formula is C20H21N3O2. The first-order valence-electron chi connectivity index (χ1n) is 8.63. The number of piperidine rings is 1. The number of aromatic nitrogens is 2. The van der Waals surface area contributed by atoms with Crippen LogP contribution >= 0.6 is 0 Å². The third-order valence-corrected chi connectivity index (χ3v) is 5.32. The molecule has 2 heterocycles. The summed E-state index contributed by atoms with van der Waals surface area (Å²) in [7, 11) is 0. The van der Waals surface area contributed by atoms with Crippen molar-refractivity contribution < 1.29 is 9.90 Å². The predicted molar refractivity (Wildman–Crippen MR) is 96.7 cm³/mol. The molecule has 2 N–H and O–H groups in total. The SMILES string of the molecule is O=C(O)N1CCC(Cc2nc3ccccc3[nH]2)(c2ccccc2)CC1. The van der Waals surface area contributed by atoms with E-state index in [-0.39, 0.29) is 5.41 Å². The molecule has 0 atom stereocenters. The van der Waals surface area contributed by atoms with Crippen LogP contribution in [0.3, 0.4) is 0 Å². The van der Waals surface area contributed by atoms with E-state index in [1.165, 1.54) is 10.5 Å². The number of para-hydroxylation sites is 2. The number of aromatic amines is 1. The van der Waals surface area contributed by atoms with Gasteiger partial charge in [-0.15, -0.1) is 0 Å². The van der Waals surface area contributed by atoms with Crippen LogP contribution < -0.4 is 0 Å². The van der Waals surface area contributed by atoms with E-state index in [9.17, 15) is 9.90 Å². The molecule has 3 aromatic rings. The van der Waals surface area contributed by atoms with Crippen LogP contribution in [0.5, 0.6) is 0 Å². The maximum absolute atomic E-state index is 11.3. The lowest BCUT2D eigenvalue weighted by molar-refractivity contribution is 0.115. The number of carbonyl (C=O) groups is 1. The zero-order chi connectivity index (χ0) is 17.3. The van der Waals surface area contributed by atoms with Crippen molar-refractivity contribution >= 4 is 17.1 Å². The van der Waals surface area contributed by atoms with Crippen molar-refractivity contribution in [2.45, 2.75) is 24.7 Å². The second-order valence-corrected chi connectivity index (χ2v) is 6.79. The number of carboxylic acid groups (broad SMARTS) is 1. The molecule has 1 saturated heterocycles. The minimum atomic E-state index is -0.828. The van der Waals surface area contributed by atoms with Crippen LogP contribution in [0.25, 0.3) is 11.0 Å². The largest absolute Gasteiger partial charge is 0.465 e. The lowest BCUT2D eigenvalue weighted by Crippen LogP contribution is -2.45. The highest BCUT2D eigenvalue weighted by Crippen LogP contribution is 2.38. The Kier molecular flexibility index (Phi) is 3.92. The van der Waals surface area contributed by atoms with Crippen molar-refractivity contribution in [3.63, 3.8) is 0 Å². The molecule has 1 aromatic heterocycles. The van der Waals surface area contributed by atoms with E-state index >= 15 is 0 Å². The molecule has 2 aromatic carbocycles. The topological polar surface area (TPSA) is 69.2 Å². The number of H-pyrrole nitrogens is 1. The molecule has 5 nitrogen and oxygen atoms in total. The third kappa shape index (κ3) is 2.97. The number of fused-ring (bicyclic) bond motifs is 1. The summed E-state index contributed by atoms with van der Waals surface area (Å²) in [5, 5.41) is 9.27. The van der Waals surface area contributed by atoms with Crippen LogP contribution in [-0.2, 0) is 11.8 Å². The number of nitrogens with zero attached hydrogens (tertiary/aromatic N) is 2. The second-order valence-electron chi connectivity index (χ2n) is 6.79. The van der Waals surface area contributed by atoms with Gasteiger partial charge < -0.3 is 15.0 Å². The fourth-order valence-corrected chi connectivity index (χ4v) is 3.90. The molecule has 25 heavy (non-hydrogen) atoms. The van der Waals surface area contributed by atoms with Crippen molar-refractivity contribution in [2.24, 2.45) is 0 Å². The summed E-state index contributed by atoms with van der Waals surface area (Å²) in [4.78, 5) is 21.0. The van der Waals surface area contributed by atoms with Gasteiger partial charge in [-0.25, -0.2) is 9.78 Å². The third-order valence-electron chi connectivity index (χ3n) is 5.32. The number of imidazole rings is 1. The Morgan fingerprint density at radius 2 is 1.76 bits per heavy atom. The summed E-state index contributed by atoms with van der Waals surface area (Å²) in [5.74, 6) is 0.967. The molecule has 0 aliphatic carbocycles. The highest BCUT2D eigenvalue weighted by molar-refractivity contribution is 5.74. The number of likely N-dealkylation sites (tertiary alicyclic amines) is 1. The highest BCUT2D eigenvalue weighted by atomic mass is 16.4. The first kappa shape index (κ1) is 15.7. The van der Waals surface area contributed by atoms with Crippen molar-refractivity contribution in [1.82, 2.24) is 14.9 Å². The molecule has 0 saturated carbocycles. The molecular weight excluding hydrogens is 314 g/mol. The summed E-state index contributed by atoms with van der Waals surface area (Å²) in [5.41, 5.74) is 3.20. The lowest BCUT2D eigenvalue weighted by Gasteiger charge is -2.41. The zero-order valence-corrected chi connectivity index (χ0v) is 14.0. The Labute approximate surface area is 146 Å². The lowest BCUT2D eigenvalue weighted by atomic mass is 9.70. The molecule has 4 rings (SSSR count). The Balaban J connectivity index is 1.67. The molecule has 1 amide bonds. The van der Waals surface area contributed by atoms with E-state index < -0.39 is 6.09 Å². The minimum Gasteiger partial charge on any atom is -0.465 e. The summed E-state index contributed by atoms with van der Waals surface area (Å²) in [6, 6.07) is 18.5. The van der Waals surface area contributed by atoms with Crippen LogP contribution in [0, 0.1) is 0 Å². The van der Waals surface area contributed by atoms with Gasteiger partial charge in [-0.3, -0.25) is 0 Å². The van der Waals surface area contributed by atoms with E-state index in [0.29, 0.717) is 13.1 Å². The number of hydrogen-bond acceptors (Lipinski definition) is 2. The van der Waals surface area contributed by atoms with Crippen molar-refractivity contribution in [2.75, 3.05) is 13.1 Å². The number of nitrogens with one attached hydrogen (secondary N) is 1. The maximum atomic E-state index is 11.3. The molecule has 1 aliphatic rings. The molecule has 1 fully saturated rings. The number of rotatable bonds is 3. The average molecular weight is 335 g/mol. The Morgan fingerprint density at radius 3 is 2.44 bits per heavy atom. The molecule has 0 radical (unpaired) electrons. The van der Waals surface area contributed by atoms with Gasteiger partial charge in [0.15, 0.2) is 0 Å². The Bertz CT molecular complexity index is 847. The molecule has 128 valence electrons. The van der Waals surface area contributed by atoms with Gasteiger partial charge in [0.1, 0.15) is 5.82 Å². The van der Waals surface area contributed by atoms with E-state index in [0.717, 1.165) is 36.1 Å². The van der Waals surface area contributed by atoms with E-state index in [1.54, 1.807) is 0 Å². The van der Waals surface area contributed by atoms with Crippen LogP contribution in [0.1, 0.15) is 24.2 Å². The number of hydrogen-bond donors (Lipinski definition) is 2. The average Bonchev–Trinajstić information content (AvgIpc) is 3.05. The van der Waals surface area contributed by atoms with Crippen LogP contribution in [0.4, 0.5) is 4.79 Å². The van der Waals surface area contributed by atoms with E-state index in [1.807, 2.05) is 30.3 Å². The van der Waals surface area contributed by atoms with Gasteiger partial charge in [-0.1, -0.05) is 42.5 Å². The normalized spacial score (nSPS) is 16.9. The molecule has 5 heteroatoms. The van der Waals surface area contributed by atoms with Gasteiger partial charge in [0, 0.05) is 24.9 Å². The monoisotopic (exact) mass is 335 g/mol. The number of benzene rings is 2. The van der Waals surface area contributed by atoms with Gasteiger partial charge in [-0.05, 0) is 30.5 Å². The summed E-state index contributed by atoms with van der Waals surface area (Å²) in [6.07, 6.45) is 1.57. The van der Waals surface area contributed by atoms with E-state index in [2.05, 4.69) is 29.2 Å². The summed E-state index contributed by atoms with van der Waals surface area (Å²) >= 11 is 0. The molecule has 0 unspecified atom stereocenters. The first-order valence-corrected chi connectivity index (χ1v) is 8.63. The highest BCUT2D eigenvalue weighted by Gasteiger charge is 2.38. The van der Waals surface area contributed by atoms with Crippen LogP contribution in [-0.4, -0.2) is 39.2 Å². The van der Waals surface area contributed by atoms with E-state index in [4.69, 9.17) is 4.98 Å². The summed E-state index contributed by atoms with van der Waals surface area (Å²) in [6.45, 7) is 1.12. The van der Waals surface area contributed by atoms with Crippen molar-refractivity contribution in [3.05, 3.63) is 66.0 Å². The van der Waals surface area contributed by atoms with Crippen LogP contribution in [0.15, 0.2) is 54.6 Å². The summed E-state index contributed by atoms with van der Waals surface area (Å²) < 4.78 is 0. The van der Waals surface area contributed by atoms with Crippen molar-refractivity contribution in [1.29, 1.82) is 0 Å². The zero-order valence-electron chi connectivity index (χ0n) is 14.0. The fraction of sp³-hybridized carbons (Fsp3) is 0.300. The Morgan fingerprint density at radius 1 is 1.08 bits per heavy atom. The standard InChI is InChI=1S/C20H21N3O2/c24-19(25)23-12-10-20(11-13-23,15-6-2-1-3-7-15)14-18-21-16-8-4-5-9-17(16)22-18/h1-9H,10-14H2,(H,21,22)(H,24,25). The van der Waals surface area contributed by atoms with Crippen LogP contribution in [0.2, 0.25) is 0 Å². The molecule has 1 aliphatic heterocycles. The number of amides is 1. The predicted octanol–water partition coefficient (Wildman–Crippen LogP) is 3.82.